The Morgan fingerprint density at radius 1 is 1.14 bits per heavy atom. The molecular weight excluding hydrogens is 282 g/mol. The maximum Gasteiger partial charge on any atom is 0.279 e. The second kappa shape index (κ2) is 8.63. The second-order valence-electron chi connectivity index (χ2n) is 5.17. The summed E-state index contributed by atoms with van der Waals surface area (Å²) in [6, 6.07) is 6.62. The van der Waals surface area contributed by atoms with Gasteiger partial charge in [-0.2, -0.15) is 0 Å². The number of benzene rings is 1. The normalized spacial score (nSPS) is 12.1. The largest absolute Gasteiger partial charge is 0.279 e. The van der Waals surface area contributed by atoms with Gasteiger partial charge in [0.05, 0.1) is 11.5 Å². The van der Waals surface area contributed by atoms with Gasteiger partial charge < -0.3 is 0 Å². The summed E-state index contributed by atoms with van der Waals surface area (Å²) in [5, 5.41) is -0.151. The Hall–Kier alpha value is -1.60. The zero-order chi connectivity index (χ0) is 15.7. The number of hydrogen-bond acceptors (Lipinski definition) is 2. The molecule has 0 heterocycles. The Balaban J connectivity index is 2.74. The van der Waals surface area contributed by atoms with Gasteiger partial charge in [-0.1, -0.05) is 62.8 Å². The van der Waals surface area contributed by atoms with E-state index in [1.165, 1.54) is 19.3 Å². The van der Waals surface area contributed by atoms with E-state index in [0.29, 0.717) is 6.42 Å². The summed E-state index contributed by atoms with van der Waals surface area (Å²) in [4.78, 5) is 3.41. The van der Waals surface area contributed by atoms with Gasteiger partial charge in [-0.25, -0.2) is 13.3 Å². The summed E-state index contributed by atoms with van der Waals surface area (Å²) in [6.07, 6.45) is 7.79. The first-order valence-electron chi connectivity index (χ1n) is 7.41. The molecule has 0 amide bonds. The number of nitrogens with zero attached hydrogens (tertiary/aromatic N) is 1. The number of hydrogen-bond donors (Lipinski definition) is 0. The summed E-state index contributed by atoms with van der Waals surface area (Å²) >= 11 is 0. The molecule has 0 aliphatic heterocycles. The van der Waals surface area contributed by atoms with Crippen LogP contribution in [0, 0.1) is 13.5 Å². The number of unbranched alkanes of at least 4 members (excludes halogenated alkanes) is 5. The third kappa shape index (κ3) is 5.35. The van der Waals surface area contributed by atoms with Gasteiger partial charge in [-0.3, -0.25) is 0 Å². The molecule has 0 unspecified atom stereocenters. The van der Waals surface area contributed by atoms with Crippen LogP contribution >= 0.6 is 0 Å². The quantitative estimate of drug-likeness (QED) is 0.506. The molecule has 0 saturated heterocycles. The molecule has 114 valence electrons. The molecule has 0 atom stereocenters. The van der Waals surface area contributed by atoms with Crippen molar-refractivity contribution in [1.29, 1.82) is 0 Å². The Labute approximate surface area is 128 Å². The van der Waals surface area contributed by atoms with E-state index in [2.05, 4.69) is 11.8 Å². The number of sulfone groups is 1. The van der Waals surface area contributed by atoms with Gasteiger partial charge in [0.15, 0.2) is 0 Å². The third-order valence-corrected chi connectivity index (χ3v) is 5.04. The minimum atomic E-state index is -3.66. The molecule has 0 spiro atoms. The van der Waals surface area contributed by atoms with Crippen LogP contribution in [-0.2, 0) is 9.84 Å². The number of allylic oxidation sites excluding steroid dienone is 1. The van der Waals surface area contributed by atoms with E-state index in [1.807, 2.05) is 6.92 Å². The third-order valence-electron chi connectivity index (χ3n) is 3.34. The molecule has 0 aliphatic carbocycles. The van der Waals surface area contributed by atoms with E-state index in [1.54, 1.807) is 30.3 Å². The minimum absolute atomic E-state index is 0.151. The van der Waals surface area contributed by atoms with Gasteiger partial charge in [0, 0.05) is 0 Å². The lowest BCUT2D eigenvalue weighted by atomic mass is 10.1. The van der Waals surface area contributed by atoms with E-state index >= 15 is 0 Å². The maximum atomic E-state index is 12.4. The van der Waals surface area contributed by atoms with Crippen LogP contribution in [0.3, 0.4) is 0 Å². The molecule has 1 aromatic rings. The van der Waals surface area contributed by atoms with Gasteiger partial charge >= 0.3 is 0 Å². The number of aryl methyl sites for hydroxylation is 1. The van der Waals surface area contributed by atoms with Gasteiger partial charge in [0.1, 0.15) is 0 Å². The van der Waals surface area contributed by atoms with Crippen LogP contribution in [0.4, 0.5) is 0 Å². The van der Waals surface area contributed by atoms with Crippen molar-refractivity contribution in [2.75, 3.05) is 0 Å². The van der Waals surface area contributed by atoms with Gasteiger partial charge in [0.2, 0.25) is 9.84 Å². The lowest BCUT2D eigenvalue weighted by Gasteiger charge is -2.03. The molecule has 0 N–H and O–H groups in total. The van der Waals surface area contributed by atoms with Crippen LogP contribution in [-0.4, -0.2) is 8.42 Å². The molecule has 3 nitrogen and oxygen atoms in total. The summed E-state index contributed by atoms with van der Waals surface area (Å²) in [7, 11) is -3.66. The first kappa shape index (κ1) is 17.5. The van der Waals surface area contributed by atoms with Gasteiger partial charge in [-0.05, 0) is 25.5 Å². The molecule has 0 fully saturated rings. The molecular formula is C17H23NO2S. The van der Waals surface area contributed by atoms with Crippen LogP contribution in [0.1, 0.15) is 51.0 Å². The maximum absolute atomic E-state index is 12.4. The highest BCUT2D eigenvalue weighted by atomic mass is 32.2. The molecule has 1 rings (SSSR count). The van der Waals surface area contributed by atoms with Crippen molar-refractivity contribution < 1.29 is 8.42 Å². The first-order valence-corrected chi connectivity index (χ1v) is 8.90. The van der Waals surface area contributed by atoms with E-state index < -0.39 is 9.84 Å². The average Bonchev–Trinajstić information content (AvgIpc) is 2.46. The van der Waals surface area contributed by atoms with Crippen molar-refractivity contribution in [3.63, 3.8) is 0 Å². The first-order chi connectivity index (χ1) is 10.0. The fraction of sp³-hybridized carbons (Fsp3) is 0.471. The highest BCUT2D eigenvalue weighted by Crippen LogP contribution is 2.21. The smallest absolute Gasteiger partial charge is 0.230 e. The van der Waals surface area contributed by atoms with Gasteiger partial charge in [-0.15, -0.1) is 0 Å². The van der Waals surface area contributed by atoms with Crippen molar-refractivity contribution in [3.8, 4) is 0 Å². The van der Waals surface area contributed by atoms with Crippen molar-refractivity contribution in [1.82, 2.24) is 0 Å². The zero-order valence-electron chi connectivity index (χ0n) is 12.8. The molecule has 0 aliphatic rings. The van der Waals surface area contributed by atoms with Crippen LogP contribution in [0.25, 0.3) is 4.85 Å². The summed E-state index contributed by atoms with van der Waals surface area (Å²) in [5.74, 6) is 0. The molecule has 1 aromatic carbocycles. The molecule has 4 heteroatoms. The molecule has 0 bridgehead atoms. The van der Waals surface area contributed by atoms with Crippen molar-refractivity contribution >= 4 is 9.84 Å². The monoisotopic (exact) mass is 305 g/mol. The Morgan fingerprint density at radius 3 is 2.33 bits per heavy atom. The second-order valence-corrected chi connectivity index (χ2v) is 7.07. The van der Waals surface area contributed by atoms with Crippen molar-refractivity contribution in [2.24, 2.45) is 0 Å². The van der Waals surface area contributed by atoms with Crippen LogP contribution in [0.15, 0.2) is 40.3 Å². The summed E-state index contributed by atoms with van der Waals surface area (Å²) < 4.78 is 24.7. The predicted octanol–water partition coefficient (Wildman–Crippen LogP) is 4.89. The topological polar surface area (TPSA) is 38.5 Å². The fourth-order valence-corrected chi connectivity index (χ4v) is 3.22. The highest BCUT2D eigenvalue weighted by Gasteiger charge is 2.20. The number of rotatable bonds is 8. The lowest BCUT2D eigenvalue weighted by Crippen LogP contribution is -2.02. The van der Waals surface area contributed by atoms with E-state index in [0.717, 1.165) is 18.4 Å². The highest BCUT2D eigenvalue weighted by molar-refractivity contribution is 7.95. The summed E-state index contributed by atoms with van der Waals surface area (Å²) in [6.45, 7) is 11.2. The molecule has 0 radical (unpaired) electrons. The molecule has 0 aromatic heterocycles. The van der Waals surface area contributed by atoms with Crippen molar-refractivity contribution in [2.45, 2.75) is 57.3 Å². The van der Waals surface area contributed by atoms with Crippen LogP contribution in [0.5, 0.6) is 0 Å². The van der Waals surface area contributed by atoms with Gasteiger partial charge in [0.25, 0.3) is 5.03 Å². The zero-order valence-corrected chi connectivity index (χ0v) is 13.6. The van der Waals surface area contributed by atoms with E-state index in [-0.39, 0.29) is 9.92 Å². The Morgan fingerprint density at radius 2 is 1.76 bits per heavy atom. The van der Waals surface area contributed by atoms with Crippen LogP contribution in [0.2, 0.25) is 0 Å². The Bertz CT molecular complexity index is 607. The summed E-state index contributed by atoms with van der Waals surface area (Å²) in [5.41, 5.74) is 0.998. The van der Waals surface area contributed by atoms with E-state index in [9.17, 15) is 8.42 Å². The average molecular weight is 305 g/mol. The standard InChI is InChI=1S/C17H23NO2S/c1-4-5-6-7-8-9-10-17(18-3)21(19,20)16-13-11-15(2)12-14-16/h10-14H,4-9H2,1-2H3. The van der Waals surface area contributed by atoms with E-state index in [4.69, 9.17) is 6.57 Å². The molecule has 21 heavy (non-hydrogen) atoms. The lowest BCUT2D eigenvalue weighted by molar-refractivity contribution is 0.602. The molecule has 0 saturated carbocycles. The minimum Gasteiger partial charge on any atom is -0.230 e. The predicted molar refractivity (Wildman–Crippen MR) is 86.4 cm³/mol. The SMILES string of the molecule is [C-]#[N+]C(=CCCCCCCC)S(=O)(=O)c1ccc(C)cc1. The van der Waals surface area contributed by atoms with Crippen LogP contribution < -0.4 is 0 Å². The van der Waals surface area contributed by atoms with Crippen molar-refractivity contribution in [3.05, 3.63) is 52.4 Å². The fourth-order valence-electron chi connectivity index (χ4n) is 2.03. The Kier molecular flexibility index (Phi) is 7.18.